The smallest absolute Gasteiger partial charge is 0.357 e. The Bertz CT molecular complexity index is 806. The standard InChI is InChI=1S/C15H12N4O2/c1-9-3-4-12(5-10(9)6-16)19-8-11(7-17)13(18)14(19)15(20)21-2/h3-5,8H,18H2,1-2H3. The van der Waals surface area contributed by atoms with Gasteiger partial charge in [-0.3, -0.25) is 0 Å². The molecule has 0 bridgehead atoms. The molecule has 2 N–H and O–H groups in total. The van der Waals surface area contributed by atoms with E-state index in [1.54, 1.807) is 18.2 Å². The van der Waals surface area contributed by atoms with Crippen molar-refractivity contribution < 1.29 is 9.53 Å². The molecule has 0 radical (unpaired) electrons. The number of methoxy groups -OCH3 is 1. The average molecular weight is 280 g/mol. The second-order valence-corrected chi connectivity index (χ2v) is 4.39. The van der Waals surface area contributed by atoms with Crippen molar-refractivity contribution in [2.75, 3.05) is 12.8 Å². The lowest BCUT2D eigenvalue weighted by atomic mass is 10.1. The van der Waals surface area contributed by atoms with Gasteiger partial charge in [-0.2, -0.15) is 10.5 Å². The monoisotopic (exact) mass is 280 g/mol. The normalized spacial score (nSPS) is 9.71. The van der Waals surface area contributed by atoms with Crippen LogP contribution in [0, 0.1) is 29.6 Å². The predicted molar refractivity (Wildman–Crippen MR) is 75.7 cm³/mol. The van der Waals surface area contributed by atoms with E-state index in [4.69, 9.17) is 21.0 Å². The first kappa shape index (κ1) is 14.2. The summed E-state index contributed by atoms with van der Waals surface area (Å²) in [5, 5.41) is 18.1. The maximum absolute atomic E-state index is 11.9. The number of hydrogen-bond donors (Lipinski definition) is 1. The van der Waals surface area contributed by atoms with Gasteiger partial charge in [-0.05, 0) is 24.6 Å². The Morgan fingerprint density at radius 2 is 1.95 bits per heavy atom. The number of aromatic nitrogens is 1. The van der Waals surface area contributed by atoms with Gasteiger partial charge in [-0.25, -0.2) is 4.79 Å². The summed E-state index contributed by atoms with van der Waals surface area (Å²) in [6.45, 7) is 1.81. The molecule has 0 fully saturated rings. The Labute approximate surface area is 121 Å². The van der Waals surface area contributed by atoms with E-state index in [2.05, 4.69) is 6.07 Å². The van der Waals surface area contributed by atoms with Gasteiger partial charge in [0.05, 0.1) is 30.0 Å². The Morgan fingerprint density at radius 1 is 1.29 bits per heavy atom. The van der Waals surface area contributed by atoms with Crippen molar-refractivity contribution in [3.8, 4) is 17.8 Å². The number of carbonyl (C=O) groups is 1. The van der Waals surface area contributed by atoms with Gasteiger partial charge in [-0.1, -0.05) is 6.07 Å². The molecule has 104 valence electrons. The summed E-state index contributed by atoms with van der Waals surface area (Å²) in [4.78, 5) is 11.9. The van der Waals surface area contributed by atoms with Crippen molar-refractivity contribution in [3.63, 3.8) is 0 Å². The van der Waals surface area contributed by atoms with Crippen LogP contribution in [0.15, 0.2) is 24.4 Å². The highest BCUT2D eigenvalue weighted by molar-refractivity contribution is 5.95. The summed E-state index contributed by atoms with van der Waals surface area (Å²) in [6.07, 6.45) is 1.45. The molecule has 6 nitrogen and oxygen atoms in total. The molecule has 1 aromatic heterocycles. The maximum Gasteiger partial charge on any atom is 0.357 e. The number of rotatable bonds is 2. The number of nitrogen functional groups attached to an aromatic ring is 1. The maximum atomic E-state index is 11.9. The van der Waals surface area contributed by atoms with Crippen LogP contribution in [0.5, 0.6) is 0 Å². The summed E-state index contributed by atoms with van der Waals surface area (Å²) in [5.41, 5.74) is 7.99. The molecule has 0 spiro atoms. The number of ether oxygens (including phenoxy) is 1. The molecule has 0 unspecified atom stereocenters. The number of anilines is 1. The second-order valence-electron chi connectivity index (χ2n) is 4.39. The minimum absolute atomic E-state index is 0.0587. The highest BCUT2D eigenvalue weighted by Crippen LogP contribution is 2.25. The highest BCUT2D eigenvalue weighted by Gasteiger charge is 2.21. The van der Waals surface area contributed by atoms with E-state index >= 15 is 0 Å². The minimum atomic E-state index is -0.645. The van der Waals surface area contributed by atoms with E-state index < -0.39 is 5.97 Å². The first-order valence-electron chi connectivity index (χ1n) is 6.03. The third-order valence-corrected chi connectivity index (χ3v) is 3.16. The number of esters is 1. The molecule has 0 saturated carbocycles. The highest BCUT2D eigenvalue weighted by atomic mass is 16.5. The number of benzene rings is 1. The van der Waals surface area contributed by atoms with Crippen LogP contribution < -0.4 is 5.73 Å². The molecule has 6 heteroatoms. The van der Waals surface area contributed by atoms with Crippen LogP contribution in [0.1, 0.15) is 27.2 Å². The van der Waals surface area contributed by atoms with Crippen molar-refractivity contribution in [1.29, 1.82) is 10.5 Å². The second kappa shape index (κ2) is 5.40. The number of nitrogens with zero attached hydrogens (tertiary/aromatic N) is 3. The fraction of sp³-hybridized carbons (Fsp3) is 0.133. The van der Waals surface area contributed by atoms with Gasteiger partial charge < -0.3 is 15.0 Å². The van der Waals surface area contributed by atoms with Gasteiger partial charge in [0, 0.05) is 11.9 Å². The summed E-state index contributed by atoms with van der Waals surface area (Å²) >= 11 is 0. The fourth-order valence-electron chi connectivity index (χ4n) is 2.00. The van der Waals surface area contributed by atoms with E-state index in [0.29, 0.717) is 11.3 Å². The Hall–Kier alpha value is -3.25. The molecular formula is C15H12N4O2. The molecule has 2 rings (SSSR count). The van der Waals surface area contributed by atoms with E-state index in [1.807, 2.05) is 13.0 Å². The Balaban J connectivity index is 2.73. The lowest BCUT2D eigenvalue weighted by Gasteiger charge is -2.09. The van der Waals surface area contributed by atoms with E-state index in [-0.39, 0.29) is 16.9 Å². The molecule has 0 aliphatic heterocycles. The summed E-state index contributed by atoms with van der Waals surface area (Å²) < 4.78 is 6.16. The van der Waals surface area contributed by atoms with Crippen molar-refractivity contribution in [2.45, 2.75) is 6.92 Å². The molecule has 0 atom stereocenters. The van der Waals surface area contributed by atoms with Gasteiger partial charge in [0.25, 0.3) is 0 Å². The van der Waals surface area contributed by atoms with Crippen LogP contribution in [0.3, 0.4) is 0 Å². The molecule has 0 amide bonds. The van der Waals surface area contributed by atoms with Crippen LogP contribution in [0.2, 0.25) is 0 Å². The zero-order valence-electron chi connectivity index (χ0n) is 11.5. The SMILES string of the molecule is COC(=O)c1c(N)c(C#N)cn1-c1ccc(C)c(C#N)c1. The van der Waals surface area contributed by atoms with Gasteiger partial charge in [0.2, 0.25) is 0 Å². The average Bonchev–Trinajstić information content (AvgIpc) is 2.83. The molecular weight excluding hydrogens is 268 g/mol. The lowest BCUT2D eigenvalue weighted by Crippen LogP contribution is -2.11. The molecule has 0 aliphatic carbocycles. The van der Waals surface area contributed by atoms with Crippen molar-refractivity contribution >= 4 is 11.7 Å². The van der Waals surface area contributed by atoms with E-state index in [1.165, 1.54) is 17.9 Å². The third kappa shape index (κ3) is 2.31. The molecule has 1 heterocycles. The fourth-order valence-corrected chi connectivity index (χ4v) is 2.00. The summed E-state index contributed by atoms with van der Waals surface area (Å²) in [6, 6.07) is 9.13. The van der Waals surface area contributed by atoms with Crippen molar-refractivity contribution in [1.82, 2.24) is 4.57 Å². The number of hydrogen-bond acceptors (Lipinski definition) is 5. The molecule has 21 heavy (non-hydrogen) atoms. The van der Waals surface area contributed by atoms with Crippen LogP contribution in [0.25, 0.3) is 5.69 Å². The van der Waals surface area contributed by atoms with Gasteiger partial charge in [-0.15, -0.1) is 0 Å². The lowest BCUT2D eigenvalue weighted by molar-refractivity contribution is 0.0593. The number of nitriles is 2. The van der Waals surface area contributed by atoms with Crippen molar-refractivity contribution in [2.24, 2.45) is 0 Å². The largest absolute Gasteiger partial charge is 0.464 e. The van der Waals surface area contributed by atoms with Crippen LogP contribution >= 0.6 is 0 Å². The summed E-state index contributed by atoms with van der Waals surface area (Å²) in [5.74, 6) is -0.645. The van der Waals surface area contributed by atoms with Crippen LogP contribution in [0.4, 0.5) is 5.69 Å². The van der Waals surface area contributed by atoms with Crippen LogP contribution in [-0.4, -0.2) is 17.6 Å². The zero-order chi connectivity index (χ0) is 15.6. The zero-order valence-corrected chi connectivity index (χ0v) is 11.5. The minimum Gasteiger partial charge on any atom is -0.464 e. The third-order valence-electron chi connectivity index (χ3n) is 3.16. The molecule has 1 aromatic carbocycles. The van der Waals surface area contributed by atoms with E-state index in [9.17, 15) is 4.79 Å². The molecule has 0 aliphatic rings. The number of nitrogens with two attached hydrogens (primary N) is 1. The summed E-state index contributed by atoms with van der Waals surface area (Å²) in [7, 11) is 1.24. The van der Waals surface area contributed by atoms with Gasteiger partial charge in [0.1, 0.15) is 6.07 Å². The first-order valence-corrected chi connectivity index (χ1v) is 6.03. The Kier molecular flexibility index (Phi) is 3.64. The van der Waals surface area contributed by atoms with Gasteiger partial charge in [0.15, 0.2) is 5.69 Å². The molecule has 0 saturated heterocycles. The first-order chi connectivity index (χ1) is 10.0. The molecule has 2 aromatic rings. The number of carbonyl (C=O) groups excluding carboxylic acids is 1. The quantitative estimate of drug-likeness (QED) is 0.846. The van der Waals surface area contributed by atoms with E-state index in [0.717, 1.165) is 5.56 Å². The van der Waals surface area contributed by atoms with Crippen LogP contribution in [-0.2, 0) is 4.74 Å². The van der Waals surface area contributed by atoms with Crippen molar-refractivity contribution in [3.05, 3.63) is 46.8 Å². The predicted octanol–water partition coefficient (Wildman–Crippen LogP) is 1.90. The van der Waals surface area contributed by atoms with Gasteiger partial charge >= 0.3 is 5.97 Å². The Morgan fingerprint density at radius 3 is 2.52 bits per heavy atom. The topological polar surface area (TPSA) is 105 Å². The number of aryl methyl sites for hydroxylation is 1.